The second-order valence-electron chi connectivity index (χ2n) is 6.70. The first-order chi connectivity index (χ1) is 13.5. The van der Waals surface area contributed by atoms with Gasteiger partial charge in [0.05, 0.1) is 30.4 Å². The molecule has 0 aliphatic carbocycles. The number of hydrogen-bond donors (Lipinski definition) is 0. The van der Waals surface area contributed by atoms with Crippen molar-refractivity contribution >= 4 is 27.5 Å². The average molecular weight is 399 g/mol. The third kappa shape index (κ3) is 4.69. The summed E-state index contributed by atoms with van der Waals surface area (Å²) < 4.78 is 14.0. The summed E-state index contributed by atoms with van der Waals surface area (Å²) in [6, 6.07) is 11.8. The zero-order valence-corrected chi connectivity index (χ0v) is 17.6. The summed E-state index contributed by atoms with van der Waals surface area (Å²) in [5.74, 6) is 0.574. The van der Waals surface area contributed by atoms with Gasteiger partial charge in [-0.2, -0.15) is 4.99 Å². The molecule has 0 radical (unpaired) electrons. The smallest absolute Gasteiger partial charge is 0.252 e. The fourth-order valence-electron chi connectivity index (χ4n) is 3.22. The van der Waals surface area contributed by atoms with Gasteiger partial charge in [-0.05, 0) is 55.7 Å². The summed E-state index contributed by atoms with van der Waals surface area (Å²) in [5, 5.41) is 0. The van der Waals surface area contributed by atoms with Crippen LogP contribution in [0, 0.1) is 13.8 Å². The number of aromatic nitrogens is 1. The number of aryl methyl sites for hydroxylation is 2. The normalized spacial score (nSPS) is 11.9. The third-order valence-electron chi connectivity index (χ3n) is 4.49. The second kappa shape index (κ2) is 9.17. The van der Waals surface area contributed by atoms with Gasteiger partial charge < -0.3 is 14.0 Å². The molecule has 1 amide bonds. The van der Waals surface area contributed by atoms with Crippen molar-refractivity contribution in [2.75, 3.05) is 20.3 Å². The van der Waals surface area contributed by atoms with Crippen LogP contribution in [0.3, 0.4) is 0 Å². The number of methoxy groups -OCH3 is 1. The van der Waals surface area contributed by atoms with Crippen LogP contribution < -0.4 is 9.54 Å². The van der Waals surface area contributed by atoms with Gasteiger partial charge in [-0.15, -0.1) is 0 Å². The molecule has 28 heavy (non-hydrogen) atoms. The first-order valence-corrected chi connectivity index (χ1v) is 10.2. The van der Waals surface area contributed by atoms with Crippen LogP contribution in [-0.2, 0) is 22.5 Å². The molecule has 3 aromatic rings. The summed E-state index contributed by atoms with van der Waals surface area (Å²) in [5.41, 5.74) is 4.39. The molecule has 0 N–H and O–H groups in total. The Kier molecular flexibility index (Phi) is 6.65. The molecule has 6 heteroatoms. The lowest BCUT2D eigenvalue weighted by Gasteiger charge is -2.07. The van der Waals surface area contributed by atoms with E-state index < -0.39 is 0 Å². The van der Waals surface area contributed by atoms with Gasteiger partial charge in [0.2, 0.25) is 0 Å². The first-order valence-electron chi connectivity index (χ1n) is 9.40. The van der Waals surface area contributed by atoms with E-state index in [1.54, 1.807) is 18.4 Å². The zero-order chi connectivity index (χ0) is 20.1. The molecule has 1 aromatic heterocycles. The van der Waals surface area contributed by atoms with Gasteiger partial charge in [-0.3, -0.25) is 4.79 Å². The number of benzene rings is 2. The first kappa shape index (κ1) is 20.3. The fraction of sp³-hybridized carbons (Fsp3) is 0.364. The number of ether oxygens (including phenoxy) is 2. The van der Waals surface area contributed by atoms with Gasteiger partial charge in [0, 0.05) is 13.2 Å². The third-order valence-corrected chi connectivity index (χ3v) is 5.72. The number of nitrogens with zero attached hydrogens (tertiary/aromatic N) is 2. The van der Waals surface area contributed by atoms with E-state index in [0.717, 1.165) is 26.3 Å². The number of carbonyl (C=O) groups excluding carboxylic acids is 1. The molecule has 2 aromatic carbocycles. The molecule has 0 aliphatic rings. The molecule has 0 saturated heterocycles. The SMILES string of the molecule is CCOCCn1c(=NC(=O)Cc2cccc(OC)c2)sc2c(C)cc(C)cc21. The Bertz CT molecular complexity index is 1050. The lowest BCUT2D eigenvalue weighted by molar-refractivity contribution is -0.117. The number of thiazole rings is 1. The Labute approximate surface area is 169 Å². The molecular weight excluding hydrogens is 372 g/mol. The summed E-state index contributed by atoms with van der Waals surface area (Å²) in [4.78, 5) is 17.8. The number of hydrogen-bond acceptors (Lipinski definition) is 4. The van der Waals surface area contributed by atoms with Gasteiger partial charge in [0.15, 0.2) is 4.80 Å². The summed E-state index contributed by atoms with van der Waals surface area (Å²) >= 11 is 1.56. The molecular formula is C22H26N2O3S. The molecule has 5 nitrogen and oxygen atoms in total. The van der Waals surface area contributed by atoms with Crippen LogP contribution >= 0.6 is 11.3 Å². The van der Waals surface area contributed by atoms with Crippen LogP contribution in [0.5, 0.6) is 5.75 Å². The van der Waals surface area contributed by atoms with Gasteiger partial charge in [-0.25, -0.2) is 0 Å². The van der Waals surface area contributed by atoms with Crippen molar-refractivity contribution in [2.45, 2.75) is 33.7 Å². The second-order valence-corrected chi connectivity index (χ2v) is 7.67. The van der Waals surface area contributed by atoms with Crippen LogP contribution in [-0.4, -0.2) is 30.8 Å². The minimum Gasteiger partial charge on any atom is -0.497 e. The van der Waals surface area contributed by atoms with Crippen molar-refractivity contribution in [2.24, 2.45) is 4.99 Å². The van der Waals surface area contributed by atoms with Crippen LogP contribution in [0.2, 0.25) is 0 Å². The maximum Gasteiger partial charge on any atom is 0.252 e. The highest BCUT2D eigenvalue weighted by atomic mass is 32.1. The Morgan fingerprint density at radius 3 is 2.79 bits per heavy atom. The van der Waals surface area contributed by atoms with Crippen molar-refractivity contribution < 1.29 is 14.3 Å². The Morgan fingerprint density at radius 1 is 1.21 bits per heavy atom. The Balaban J connectivity index is 1.98. The monoisotopic (exact) mass is 398 g/mol. The van der Waals surface area contributed by atoms with E-state index in [-0.39, 0.29) is 12.3 Å². The number of amides is 1. The highest BCUT2D eigenvalue weighted by Gasteiger charge is 2.11. The standard InChI is InChI=1S/C22H26N2O3S/c1-5-27-10-9-24-19-12-15(2)11-16(3)21(19)28-22(24)23-20(25)14-17-7-6-8-18(13-17)26-4/h6-8,11-13H,5,9-10,14H2,1-4H3. The molecule has 3 rings (SSSR count). The molecule has 0 unspecified atom stereocenters. The van der Waals surface area contributed by atoms with Gasteiger partial charge in [0.1, 0.15) is 5.75 Å². The molecule has 0 bridgehead atoms. The summed E-state index contributed by atoms with van der Waals surface area (Å²) in [6.07, 6.45) is 0.245. The zero-order valence-electron chi connectivity index (χ0n) is 16.8. The lowest BCUT2D eigenvalue weighted by Crippen LogP contribution is -2.20. The van der Waals surface area contributed by atoms with Crippen molar-refractivity contribution in [3.05, 3.63) is 57.9 Å². The summed E-state index contributed by atoms with van der Waals surface area (Å²) in [6.45, 7) is 8.09. The van der Waals surface area contributed by atoms with Crippen LogP contribution in [0.15, 0.2) is 41.4 Å². The Hall–Kier alpha value is -2.44. The fourth-order valence-corrected chi connectivity index (χ4v) is 4.34. The molecule has 1 heterocycles. The highest BCUT2D eigenvalue weighted by Crippen LogP contribution is 2.23. The van der Waals surface area contributed by atoms with Crippen molar-refractivity contribution in [1.29, 1.82) is 0 Å². The molecule has 0 saturated carbocycles. The average Bonchev–Trinajstić information content (AvgIpc) is 2.99. The van der Waals surface area contributed by atoms with Gasteiger partial charge >= 0.3 is 0 Å². The molecule has 0 atom stereocenters. The van der Waals surface area contributed by atoms with Gasteiger partial charge in [-0.1, -0.05) is 29.5 Å². The highest BCUT2D eigenvalue weighted by molar-refractivity contribution is 7.16. The van der Waals surface area contributed by atoms with E-state index in [2.05, 4.69) is 35.5 Å². The summed E-state index contributed by atoms with van der Waals surface area (Å²) in [7, 11) is 1.62. The van der Waals surface area contributed by atoms with E-state index in [4.69, 9.17) is 9.47 Å². The quantitative estimate of drug-likeness (QED) is 0.565. The van der Waals surface area contributed by atoms with E-state index in [1.807, 2.05) is 31.2 Å². The van der Waals surface area contributed by atoms with E-state index in [9.17, 15) is 4.79 Å². The largest absolute Gasteiger partial charge is 0.497 e. The topological polar surface area (TPSA) is 52.8 Å². The van der Waals surface area contributed by atoms with Crippen LogP contribution in [0.1, 0.15) is 23.6 Å². The molecule has 0 fully saturated rings. The minimum atomic E-state index is -0.167. The lowest BCUT2D eigenvalue weighted by atomic mass is 10.1. The predicted molar refractivity (Wildman–Crippen MR) is 113 cm³/mol. The maximum atomic E-state index is 12.6. The van der Waals surface area contributed by atoms with Crippen LogP contribution in [0.25, 0.3) is 10.2 Å². The number of carbonyl (C=O) groups is 1. The van der Waals surface area contributed by atoms with Crippen molar-refractivity contribution in [1.82, 2.24) is 4.57 Å². The van der Waals surface area contributed by atoms with Crippen LogP contribution in [0.4, 0.5) is 0 Å². The van der Waals surface area contributed by atoms with Gasteiger partial charge in [0.25, 0.3) is 5.91 Å². The Morgan fingerprint density at radius 2 is 2.04 bits per heavy atom. The van der Waals surface area contributed by atoms with E-state index in [1.165, 1.54) is 11.1 Å². The maximum absolute atomic E-state index is 12.6. The molecule has 0 spiro atoms. The number of fused-ring (bicyclic) bond motifs is 1. The minimum absolute atomic E-state index is 0.167. The van der Waals surface area contributed by atoms with E-state index in [0.29, 0.717) is 19.8 Å². The van der Waals surface area contributed by atoms with Crippen molar-refractivity contribution in [3.63, 3.8) is 0 Å². The molecule has 148 valence electrons. The predicted octanol–water partition coefficient (Wildman–Crippen LogP) is 4.03. The van der Waals surface area contributed by atoms with Crippen molar-refractivity contribution in [3.8, 4) is 5.75 Å². The van der Waals surface area contributed by atoms with E-state index >= 15 is 0 Å². The molecule has 0 aliphatic heterocycles. The number of rotatable bonds is 7.